The Morgan fingerprint density at radius 3 is 2.07 bits per heavy atom. The molecule has 0 bridgehead atoms. The highest BCUT2D eigenvalue weighted by Gasteiger charge is 2.17. The minimum absolute atomic E-state index is 0.380. The van der Waals surface area contributed by atoms with E-state index in [1.165, 1.54) is 34.1 Å². The Kier molecular flexibility index (Phi) is 4.72. The SMILES string of the molecule is CCS(CC)(CC)Cc1cccc(C)c1. The maximum Gasteiger partial charge on any atom is 0.00250 e. The van der Waals surface area contributed by atoms with Crippen LogP contribution in [0, 0.1) is 6.92 Å². The molecule has 0 N–H and O–H groups in total. The molecule has 0 amide bonds. The minimum Gasteiger partial charge on any atom is -0.238 e. The Labute approximate surface area is 96.4 Å². The largest absolute Gasteiger partial charge is 0.238 e. The Hall–Kier alpha value is -0.430. The predicted octanol–water partition coefficient (Wildman–Crippen LogP) is 4.36. The van der Waals surface area contributed by atoms with Gasteiger partial charge in [0.15, 0.2) is 0 Å². The molecule has 15 heavy (non-hydrogen) atoms. The highest BCUT2D eigenvalue weighted by atomic mass is 32.3. The maximum absolute atomic E-state index is 2.36. The van der Waals surface area contributed by atoms with Gasteiger partial charge in [-0.15, -0.1) is 0 Å². The van der Waals surface area contributed by atoms with Crippen molar-refractivity contribution >= 4 is 10.0 Å². The predicted molar refractivity (Wildman–Crippen MR) is 74.1 cm³/mol. The van der Waals surface area contributed by atoms with Crippen molar-refractivity contribution in [3.8, 4) is 0 Å². The first-order chi connectivity index (χ1) is 7.15. The molecule has 0 saturated carbocycles. The fourth-order valence-corrected chi connectivity index (χ4v) is 4.80. The second-order valence-corrected chi connectivity index (χ2v) is 8.69. The number of aryl methyl sites for hydroxylation is 1. The average molecular weight is 224 g/mol. The van der Waals surface area contributed by atoms with Gasteiger partial charge in [0.1, 0.15) is 0 Å². The summed E-state index contributed by atoms with van der Waals surface area (Å²) in [6, 6.07) is 9.01. The number of rotatable bonds is 5. The molecule has 0 aliphatic heterocycles. The van der Waals surface area contributed by atoms with Gasteiger partial charge in [0.25, 0.3) is 0 Å². The fraction of sp³-hybridized carbons (Fsp3) is 0.571. The first-order valence-electron chi connectivity index (χ1n) is 5.95. The van der Waals surface area contributed by atoms with Crippen molar-refractivity contribution in [1.82, 2.24) is 0 Å². The molecule has 1 aromatic rings. The van der Waals surface area contributed by atoms with E-state index in [2.05, 4.69) is 52.0 Å². The second kappa shape index (κ2) is 5.60. The molecular formula is C14H24S. The molecule has 0 aliphatic rings. The van der Waals surface area contributed by atoms with Crippen LogP contribution >= 0.6 is 10.0 Å². The van der Waals surface area contributed by atoms with Crippen molar-refractivity contribution in [3.05, 3.63) is 35.4 Å². The summed E-state index contributed by atoms with van der Waals surface area (Å²) in [5.74, 6) is 5.42. The Morgan fingerprint density at radius 2 is 1.60 bits per heavy atom. The van der Waals surface area contributed by atoms with Gasteiger partial charge in [-0.05, 0) is 29.7 Å². The van der Waals surface area contributed by atoms with Crippen molar-refractivity contribution in [2.75, 3.05) is 17.3 Å². The molecule has 1 rings (SSSR count). The molecule has 0 spiro atoms. The first-order valence-corrected chi connectivity index (χ1v) is 8.26. The summed E-state index contributed by atoms with van der Waals surface area (Å²) in [4.78, 5) is 0. The topological polar surface area (TPSA) is 0 Å². The summed E-state index contributed by atoms with van der Waals surface area (Å²) in [5.41, 5.74) is 2.93. The summed E-state index contributed by atoms with van der Waals surface area (Å²) in [6.07, 6.45) is 0. The molecule has 1 aromatic carbocycles. The highest BCUT2D eigenvalue weighted by Crippen LogP contribution is 2.49. The van der Waals surface area contributed by atoms with Crippen LogP contribution in [0.5, 0.6) is 0 Å². The van der Waals surface area contributed by atoms with E-state index in [9.17, 15) is 0 Å². The van der Waals surface area contributed by atoms with Gasteiger partial charge in [-0.3, -0.25) is 0 Å². The fourth-order valence-electron chi connectivity index (χ4n) is 2.07. The third-order valence-corrected chi connectivity index (χ3v) is 8.01. The summed E-state index contributed by atoms with van der Waals surface area (Å²) in [5, 5.41) is 0. The van der Waals surface area contributed by atoms with Crippen LogP contribution in [0.25, 0.3) is 0 Å². The number of hydrogen-bond acceptors (Lipinski definition) is 0. The van der Waals surface area contributed by atoms with Gasteiger partial charge in [0, 0.05) is 5.75 Å². The van der Waals surface area contributed by atoms with E-state index in [4.69, 9.17) is 0 Å². The monoisotopic (exact) mass is 224 g/mol. The molecule has 0 fully saturated rings. The van der Waals surface area contributed by atoms with Crippen LogP contribution in [0.15, 0.2) is 24.3 Å². The molecule has 1 heteroatoms. The van der Waals surface area contributed by atoms with E-state index in [0.717, 1.165) is 0 Å². The van der Waals surface area contributed by atoms with E-state index in [-0.39, 0.29) is 10.0 Å². The summed E-state index contributed by atoms with van der Waals surface area (Å²) < 4.78 is 0. The molecule has 0 aromatic heterocycles. The normalized spacial score (nSPS) is 12.8. The molecule has 0 aliphatic carbocycles. The van der Waals surface area contributed by atoms with Crippen molar-refractivity contribution in [1.29, 1.82) is 0 Å². The van der Waals surface area contributed by atoms with Crippen molar-refractivity contribution in [2.45, 2.75) is 33.4 Å². The first kappa shape index (κ1) is 12.6. The molecule has 0 atom stereocenters. The van der Waals surface area contributed by atoms with E-state index in [1.54, 1.807) is 0 Å². The van der Waals surface area contributed by atoms with Gasteiger partial charge < -0.3 is 0 Å². The molecule has 0 unspecified atom stereocenters. The summed E-state index contributed by atoms with van der Waals surface area (Å²) in [6.45, 7) is 9.26. The zero-order chi connectivity index (χ0) is 11.3. The van der Waals surface area contributed by atoms with Gasteiger partial charge >= 0.3 is 0 Å². The van der Waals surface area contributed by atoms with Crippen LogP contribution in [-0.2, 0) is 5.75 Å². The Bertz CT molecular complexity index is 292. The summed E-state index contributed by atoms with van der Waals surface area (Å²) in [7, 11) is -0.380. The van der Waals surface area contributed by atoms with Crippen LogP contribution in [0.4, 0.5) is 0 Å². The lowest BCUT2D eigenvalue weighted by molar-refractivity contribution is 1.25. The zero-order valence-corrected chi connectivity index (χ0v) is 11.4. The van der Waals surface area contributed by atoms with Crippen LogP contribution < -0.4 is 0 Å². The molecule has 0 saturated heterocycles. The van der Waals surface area contributed by atoms with Crippen molar-refractivity contribution in [2.24, 2.45) is 0 Å². The smallest absolute Gasteiger partial charge is 0.00250 e. The van der Waals surface area contributed by atoms with Crippen LogP contribution in [0.1, 0.15) is 31.9 Å². The van der Waals surface area contributed by atoms with Gasteiger partial charge in [0.05, 0.1) is 0 Å². The van der Waals surface area contributed by atoms with Gasteiger partial charge in [-0.1, -0.05) is 50.6 Å². The van der Waals surface area contributed by atoms with Gasteiger partial charge in [-0.2, -0.15) is 0 Å². The minimum atomic E-state index is -0.380. The zero-order valence-electron chi connectivity index (χ0n) is 10.5. The molecule has 0 nitrogen and oxygen atoms in total. The van der Waals surface area contributed by atoms with Crippen LogP contribution in [-0.4, -0.2) is 17.3 Å². The van der Waals surface area contributed by atoms with E-state index in [0.29, 0.717) is 0 Å². The van der Waals surface area contributed by atoms with Crippen LogP contribution in [0.2, 0.25) is 0 Å². The summed E-state index contributed by atoms with van der Waals surface area (Å²) >= 11 is 0. The lowest BCUT2D eigenvalue weighted by Gasteiger charge is -2.37. The van der Waals surface area contributed by atoms with Gasteiger partial charge in [0.2, 0.25) is 0 Å². The van der Waals surface area contributed by atoms with Crippen molar-refractivity contribution < 1.29 is 0 Å². The quantitative estimate of drug-likeness (QED) is 0.697. The second-order valence-electron chi connectivity index (χ2n) is 4.22. The number of hydrogen-bond donors (Lipinski definition) is 0. The molecule has 0 heterocycles. The van der Waals surface area contributed by atoms with Gasteiger partial charge in [-0.25, -0.2) is 10.0 Å². The molecule has 86 valence electrons. The third kappa shape index (κ3) is 3.27. The third-order valence-electron chi connectivity index (χ3n) is 3.39. The average Bonchev–Trinajstić information content (AvgIpc) is 2.26. The lowest BCUT2D eigenvalue weighted by atomic mass is 10.2. The lowest BCUT2D eigenvalue weighted by Crippen LogP contribution is -2.11. The van der Waals surface area contributed by atoms with E-state index >= 15 is 0 Å². The molecule has 0 radical (unpaired) electrons. The van der Waals surface area contributed by atoms with E-state index in [1.807, 2.05) is 0 Å². The Balaban J connectivity index is 2.82. The molecular weight excluding hydrogens is 200 g/mol. The Morgan fingerprint density at radius 1 is 1.00 bits per heavy atom. The maximum atomic E-state index is 2.36. The van der Waals surface area contributed by atoms with Crippen LogP contribution in [0.3, 0.4) is 0 Å². The van der Waals surface area contributed by atoms with Crippen molar-refractivity contribution in [3.63, 3.8) is 0 Å². The highest BCUT2D eigenvalue weighted by molar-refractivity contribution is 8.33. The standard InChI is InChI=1S/C14H24S/c1-5-15(6-2,7-3)12-14-10-8-9-13(4)11-14/h8-11H,5-7,12H2,1-4H3. The number of benzene rings is 1. The van der Waals surface area contributed by atoms with E-state index < -0.39 is 0 Å².